The smallest absolute Gasteiger partial charge is 0.319 e. The van der Waals surface area contributed by atoms with Gasteiger partial charge in [0.15, 0.2) is 0 Å². The second-order valence-electron chi connectivity index (χ2n) is 8.72. The van der Waals surface area contributed by atoms with Gasteiger partial charge in [-0.25, -0.2) is 9.18 Å². The van der Waals surface area contributed by atoms with Crippen LogP contribution in [0.25, 0.3) is 0 Å². The molecule has 0 saturated carbocycles. The third kappa shape index (κ3) is 5.62. The fourth-order valence-electron chi connectivity index (χ4n) is 5.18. The maximum atomic E-state index is 13.1. The van der Waals surface area contributed by atoms with Gasteiger partial charge in [-0.15, -0.1) is 0 Å². The van der Waals surface area contributed by atoms with Gasteiger partial charge in [0.1, 0.15) is 5.82 Å². The van der Waals surface area contributed by atoms with E-state index in [9.17, 15) is 9.18 Å². The molecular formula is C25H29FN4O. The highest BCUT2D eigenvalue weighted by Crippen LogP contribution is 2.39. The SMILES string of the molecule is N#Cc1cccc(NC(=O)NCCCN2[C@@H]3CC[C@H]2C[C@@H](Cc2ccc(F)cc2)C3)c1. The Morgan fingerprint density at radius 2 is 1.87 bits per heavy atom. The van der Waals surface area contributed by atoms with Gasteiger partial charge in [-0.2, -0.15) is 5.26 Å². The summed E-state index contributed by atoms with van der Waals surface area (Å²) in [6, 6.07) is 16.9. The number of piperidine rings is 1. The Bertz CT molecular complexity index is 925. The Balaban J connectivity index is 1.18. The molecule has 4 rings (SSSR count). The molecule has 2 aliphatic rings. The predicted molar refractivity (Wildman–Crippen MR) is 119 cm³/mol. The molecule has 2 heterocycles. The number of anilines is 1. The van der Waals surface area contributed by atoms with Gasteiger partial charge in [0.05, 0.1) is 11.6 Å². The predicted octanol–water partition coefficient (Wildman–Crippen LogP) is 4.69. The van der Waals surface area contributed by atoms with E-state index < -0.39 is 0 Å². The Kier molecular flexibility index (Phi) is 6.83. The Hall–Kier alpha value is -2.91. The quantitative estimate of drug-likeness (QED) is 0.638. The number of carbonyl (C=O) groups is 1. The molecule has 0 radical (unpaired) electrons. The van der Waals surface area contributed by atoms with Gasteiger partial charge in [0.2, 0.25) is 0 Å². The average Bonchev–Trinajstić information content (AvgIpc) is 3.01. The maximum Gasteiger partial charge on any atom is 0.319 e. The highest BCUT2D eigenvalue weighted by Gasteiger charge is 2.39. The average molecular weight is 421 g/mol. The van der Waals surface area contributed by atoms with E-state index in [2.05, 4.69) is 21.6 Å². The first kappa shape index (κ1) is 21.3. The molecule has 5 nitrogen and oxygen atoms in total. The molecule has 2 fully saturated rings. The second kappa shape index (κ2) is 9.93. The third-order valence-electron chi connectivity index (χ3n) is 6.55. The third-order valence-corrected chi connectivity index (χ3v) is 6.55. The van der Waals surface area contributed by atoms with E-state index in [1.807, 2.05) is 12.1 Å². The number of nitrogens with zero attached hydrogens (tertiary/aromatic N) is 2. The van der Waals surface area contributed by atoms with Crippen molar-refractivity contribution in [3.05, 3.63) is 65.5 Å². The van der Waals surface area contributed by atoms with E-state index in [0.29, 0.717) is 35.8 Å². The van der Waals surface area contributed by atoms with Crippen molar-refractivity contribution in [2.45, 2.75) is 50.6 Å². The molecule has 2 N–H and O–H groups in total. The maximum absolute atomic E-state index is 13.1. The van der Waals surface area contributed by atoms with Gasteiger partial charge in [-0.05, 0) is 80.3 Å². The van der Waals surface area contributed by atoms with Crippen LogP contribution in [-0.4, -0.2) is 36.1 Å². The zero-order chi connectivity index (χ0) is 21.6. The fourth-order valence-corrected chi connectivity index (χ4v) is 5.18. The van der Waals surface area contributed by atoms with Crippen LogP contribution >= 0.6 is 0 Å². The van der Waals surface area contributed by atoms with Crippen molar-refractivity contribution in [1.82, 2.24) is 10.2 Å². The molecule has 2 aliphatic heterocycles. The van der Waals surface area contributed by atoms with Crippen molar-refractivity contribution in [1.29, 1.82) is 5.26 Å². The summed E-state index contributed by atoms with van der Waals surface area (Å²) in [6.07, 6.45) is 6.88. The van der Waals surface area contributed by atoms with Crippen molar-refractivity contribution in [3.8, 4) is 6.07 Å². The molecule has 162 valence electrons. The Morgan fingerprint density at radius 1 is 1.13 bits per heavy atom. The van der Waals surface area contributed by atoms with Gasteiger partial charge in [0.25, 0.3) is 0 Å². The lowest BCUT2D eigenvalue weighted by Crippen LogP contribution is -2.44. The molecule has 0 spiro atoms. The number of fused-ring (bicyclic) bond motifs is 2. The topological polar surface area (TPSA) is 68.2 Å². The van der Waals surface area contributed by atoms with Crippen LogP contribution in [0.3, 0.4) is 0 Å². The van der Waals surface area contributed by atoms with Crippen LogP contribution in [0.15, 0.2) is 48.5 Å². The van der Waals surface area contributed by atoms with Gasteiger partial charge in [-0.1, -0.05) is 18.2 Å². The summed E-state index contributed by atoms with van der Waals surface area (Å²) in [5.74, 6) is 0.504. The monoisotopic (exact) mass is 420 g/mol. The molecule has 0 aliphatic carbocycles. The minimum Gasteiger partial charge on any atom is -0.338 e. The summed E-state index contributed by atoms with van der Waals surface area (Å²) >= 11 is 0. The highest BCUT2D eigenvalue weighted by molar-refractivity contribution is 5.89. The van der Waals surface area contributed by atoms with Crippen LogP contribution in [0, 0.1) is 23.1 Å². The van der Waals surface area contributed by atoms with E-state index in [0.717, 1.165) is 19.4 Å². The summed E-state index contributed by atoms with van der Waals surface area (Å²) in [7, 11) is 0. The van der Waals surface area contributed by atoms with Crippen LogP contribution < -0.4 is 10.6 Å². The molecule has 2 bridgehead atoms. The van der Waals surface area contributed by atoms with E-state index in [1.54, 1.807) is 36.4 Å². The normalized spacial score (nSPS) is 22.6. The molecule has 2 amide bonds. The van der Waals surface area contributed by atoms with E-state index >= 15 is 0 Å². The summed E-state index contributed by atoms with van der Waals surface area (Å²) in [4.78, 5) is 14.7. The highest BCUT2D eigenvalue weighted by atomic mass is 19.1. The van der Waals surface area contributed by atoms with E-state index in [-0.39, 0.29) is 11.8 Å². The van der Waals surface area contributed by atoms with Crippen molar-refractivity contribution in [2.75, 3.05) is 18.4 Å². The molecule has 6 heteroatoms. The number of nitriles is 1. The van der Waals surface area contributed by atoms with Crippen LogP contribution in [0.5, 0.6) is 0 Å². The number of carbonyl (C=O) groups excluding carboxylic acids is 1. The Labute approximate surface area is 183 Å². The van der Waals surface area contributed by atoms with Gasteiger partial charge < -0.3 is 10.6 Å². The minimum atomic E-state index is -0.240. The molecule has 0 unspecified atom stereocenters. The molecule has 2 aromatic carbocycles. The van der Waals surface area contributed by atoms with Crippen LogP contribution in [0.2, 0.25) is 0 Å². The molecule has 0 aromatic heterocycles. The van der Waals surface area contributed by atoms with Crippen molar-refractivity contribution >= 4 is 11.7 Å². The van der Waals surface area contributed by atoms with Gasteiger partial charge in [0, 0.05) is 30.9 Å². The number of hydrogen-bond acceptors (Lipinski definition) is 3. The lowest BCUT2D eigenvalue weighted by Gasteiger charge is -2.39. The van der Waals surface area contributed by atoms with Crippen LogP contribution in [0.4, 0.5) is 14.9 Å². The zero-order valence-electron chi connectivity index (χ0n) is 17.7. The summed E-state index contributed by atoms with van der Waals surface area (Å²) in [5.41, 5.74) is 2.38. The van der Waals surface area contributed by atoms with E-state index in [4.69, 9.17) is 5.26 Å². The first-order chi connectivity index (χ1) is 15.1. The number of halogens is 1. The van der Waals surface area contributed by atoms with Crippen molar-refractivity contribution in [3.63, 3.8) is 0 Å². The van der Waals surface area contributed by atoms with Crippen LogP contribution in [0.1, 0.15) is 43.2 Å². The van der Waals surface area contributed by atoms with Crippen molar-refractivity contribution in [2.24, 2.45) is 5.92 Å². The molecule has 2 aromatic rings. The lowest BCUT2D eigenvalue weighted by atomic mass is 9.85. The molecule has 3 atom stereocenters. The first-order valence-electron chi connectivity index (χ1n) is 11.2. The first-order valence-corrected chi connectivity index (χ1v) is 11.2. The second-order valence-corrected chi connectivity index (χ2v) is 8.72. The van der Waals surface area contributed by atoms with Gasteiger partial charge in [-0.3, -0.25) is 4.90 Å². The number of rotatable bonds is 7. The minimum absolute atomic E-state index is 0.170. The largest absolute Gasteiger partial charge is 0.338 e. The number of benzene rings is 2. The number of amides is 2. The fraction of sp³-hybridized carbons (Fsp3) is 0.440. The molecule has 31 heavy (non-hydrogen) atoms. The number of urea groups is 1. The van der Waals surface area contributed by atoms with E-state index in [1.165, 1.54) is 31.2 Å². The van der Waals surface area contributed by atoms with Crippen molar-refractivity contribution < 1.29 is 9.18 Å². The zero-order valence-corrected chi connectivity index (χ0v) is 17.7. The summed E-state index contributed by atoms with van der Waals surface area (Å²) in [6.45, 7) is 1.63. The summed E-state index contributed by atoms with van der Waals surface area (Å²) in [5, 5.41) is 14.6. The lowest BCUT2D eigenvalue weighted by molar-refractivity contribution is 0.102. The Morgan fingerprint density at radius 3 is 2.58 bits per heavy atom. The van der Waals surface area contributed by atoms with Gasteiger partial charge >= 0.3 is 6.03 Å². The molecular weight excluding hydrogens is 391 g/mol. The van der Waals surface area contributed by atoms with Crippen LogP contribution in [-0.2, 0) is 6.42 Å². The molecule has 2 saturated heterocycles. The summed E-state index contributed by atoms with van der Waals surface area (Å²) < 4.78 is 13.1. The number of nitrogens with one attached hydrogen (secondary N) is 2. The number of hydrogen-bond donors (Lipinski definition) is 2. The standard InChI is InChI=1S/C25H29FN4O/c26-21-7-5-18(6-8-21)13-20-15-23-9-10-24(16-20)30(23)12-2-11-28-25(31)29-22-4-1-3-19(14-22)17-27/h1,3-8,14,20,23-24H,2,9-13,15-16H2,(H2,28,29,31)/t20-,23+,24-.